The van der Waals surface area contributed by atoms with Gasteiger partial charge in [0, 0.05) is 31.7 Å². The fraction of sp³-hybridized carbons (Fsp3) is 0.524. The Bertz CT molecular complexity index is 879. The molecule has 2 fully saturated rings. The van der Waals surface area contributed by atoms with Gasteiger partial charge in [0.25, 0.3) is 0 Å². The number of aryl methyl sites for hydroxylation is 1. The molecule has 0 aliphatic carbocycles. The van der Waals surface area contributed by atoms with Gasteiger partial charge in [-0.2, -0.15) is 4.98 Å². The van der Waals surface area contributed by atoms with Crippen molar-refractivity contribution in [3.05, 3.63) is 36.0 Å². The molecule has 8 nitrogen and oxygen atoms in total. The van der Waals surface area contributed by atoms with Crippen molar-refractivity contribution in [3.8, 4) is 5.75 Å². The van der Waals surface area contributed by atoms with Crippen molar-refractivity contribution in [1.82, 2.24) is 15.0 Å². The zero-order valence-corrected chi connectivity index (χ0v) is 16.8. The predicted octanol–water partition coefficient (Wildman–Crippen LogP) is 2.54. The number of carbonyl (C=O) groups excluding carboxylic acids is 2. The zero-order chi connectivity index (χ0) is 20.4. The SMILES string of the molecule is CCOc1ccc(N2CC(C(=O)N3CCCC(c4nc(C)no4)C3)CC2=O)cc1. The lowest BCUT2D eigenvalue weighted by molar-refractivity contribution is -0.137. The van der Waals surface area contributed by atoms with Gasteiger partial charge in [-0.3, -0.25) is 9.59 Å². The van der Waals surface area contributed by atoms with Gasteiger partial charge in [0.15, 0.2) is 5.82 Å². The number of amides is 2. The number of hydrogen-bond donors (Lipinski definition) is 0. The molecule has 4 rings (SSSR count). The highest BCUT2D eigenvalue weighted by Crippen LogP contribution is 2.31. The number of ether oxygens (including phenoxy) is 1. The summed E-state index contributed by atoms with van der Waals surface area (Å²) in [5.41, 5.74) is 0.798. The van der Waals surface area contributed by atoms with Crippen LogP contribution in [-0.2, 0) is 9.59 Å². The number of anilines is 1. The summed E-state index contributed by atoms with van der Waals surface area (Å²) in [6, 6.07) is 7.43. The van der Waals surface area contributed by atoms with E-state index in [4.69, 9.17) is 9.26 Å². The quantitative estimate of drug-likeness (QED) is 0.769. The van der Waals surface area contributed by atoms with Gasteiger partial charge < -0.3 is 19.1 Å². The van der Waals surface area contributed by atoms with E-state index in [1.165, 1.54) is 0 Å². The number of benzene rings is 1. The summed E-state index contributed by atoms with van der Waals surface area (Å²) in [5.74, 6) is 1.73. The third-order valence-electron chi connectivity index (χ3n) is 5.56. The Morgan fingerprint density at radius 2 is 2.07 bits per heavy atom. The first kappa shape index (κ1) is 19.4. The van der Waals surface area contributed by atoms with Crippen LogP contribution < -0.4 is 9.64 Å². The number of piperidine rings is 1. The van der Waals surface area contributed by atoms with Gasteiger partial charge in [-0.05, 0) is 51.0 Å². The molecule has 0 radical (unpaired) electrons. The smallest absolute Gasteiger partial charge is 0.231 e. The summed E-state index contributed by atoms with van der Waals surface area (Å²) in [5, 5.41) is 3.86. The number of nitrogens with zero attached hydrogens (tertiary/aromatic N) is 4. The van der Waals surface area contributed by atoms with E-state index >= 15 is 0 Å². The van der Waals surface area contributed by atoms with Crippen molar-refractivity contribution >= 4 is 17.5 Å². The average molecular weight is 398 g/mol. The molecule has 2 unspecified atom stereocenters. The predicted molar refractivity (Wildman–Crippen MR) is 106 cm³/mol. The molecule has 0 bridgehead atoms. The van der Waals surface area contributed by atoms with E-state index in [0.717, 1.165) is 24.3 Å². The van der Waals surface area contributed by atoms with Gasteiger partial charge in [0.05, 0.1) is 18.4 Å². The summed E-state index contributed by atoms with van der Waals surface area (Å²) in [4.78, 5) is 33.5. The van der Waals surface area contributed by atoms with Gasteiger partial charge in [0.2, 0.25) is 17.7 Å². The van der Waals surface area contributed by atoms with Gasteiger partial charge in [-0.1, -0.05) is 5.16 Å². The van der Waals surface area contributed by atoms with Gasteiger partial charge >= 0.3 is 0 Å². The summed E-state index contributed by atoms with van der Waals surface area (Å²) < 4.78 is 10.8. The van der Waals surface area contributed by atoms with Crippen LogP contribution in [0, 0.1) is 12.8 Å². The van der Waals surface area contributed by atoms with Crippen LogP contribution in [0.15, 0.2) is 28.8 Å². The minimum atomic E-state index is -0.322. The zero-order valence-electron chi connectivity index (χ0n) is 16.8. The summed E-state index contributed by atoms with van der Waals surface area (Å²) in [6.07, 6.45) is 2.06. The van der Waals surface area contributed by atoms with Crippen molar-refractivity contribution < 1.29 is 18.8 Å². The van der Waals surface area contributed by atoms with Crippen molar-refractivity contribution in [2.24, 2.45) is 5.92 Å². The topological polar surface area (TPSA) is 88.8 Å². The minimum absolute atomic E-state index is 0.0198. The number of likely N-dealkylation sites (tertiary alicyclic amines) is 1. The third-order valence-corrected chi connectivity index (χ3v) is 5.56. The van der Waals surface area contributed by atoms with E-state index in [1.807, 2.05) is 36.1 Å². The number of carbonyl (C=O) groups is 2. The Balaban J connectivity index is 1.41. The van der Waals surface area contributed by atoms with E-state index in [1.54, 1.807) is 11.8 Å². The second-order valence-corrected chi connectivity index (χ2v) is 7.64. The molecule has 2 aromatic rings. The van der Waals surface area contributed by atoms with Crippen LogP contribution in [0.2, 0.25) is 0 Å². The fourth-order valence-electron chi connectivity index (χ4n) is 4.13. The highest BCUT2D eigenvalue weighted by molar-refractivity contribution is 6.00. The van der Waals surface area contributed by atoms with Crippen LogP contribution in [0.4, 0.5) is 5.69 Å². The standard InChI is InChI=1S/C21H26N4O4/c1-3-28-18-8-6-17(7-9-18)25-13-16(11-19(25)26)21(27)24-10-4-5-15(12-24)20-22-14(2)23-29-20/h6-9,15-16H,3-5,10-13H2,1-2H3. The lowest BCUT2D eigenvalue weighted by atomic mass is 9.96. The molecule has 2 aliphatic rings. The fourth-order valence-corrected chi connectivity index (χ4v) is 4.13. The largest absolute Gasteiger partial charge is 0.494 e. The molecular formula is C21H26N4O4. The van der Waals surface area contributed by atoms with Crippen LogP contribution in [-0.4, -0.2) is 53.1 Å². The molecule has 0 spiro atoms. The van der Waals surface area contributed by atoms with Gasteiger partial charge in [0.1, 0.15) is 5.75 Å². The summed E-state index contributed by atoms with van der Waals surface area (Å²) >= 11 is 0. The molecule has 2 amide bonds. The maximum absolute atomic E-state index is 13.1. The van der Waals surface area contributed by atoms with E-state index in [-0.39, 0.29) is 30.1 Å². The second kappa shape index (κ2) is 8.23. The molecule has 8 heteroatoms. The molecule has 29 heavy (non-hydrogen) atoms. The first-order valence-electron chi connectivity index (χ1n) is 10.2. The van der Waals surface area contributed by atoms with Crippen molar-refractivity contribution in [1.29, 1.82) is 0 Å². The van der Waals surface area contributed by atoms with E-state index in [0.29, 0.717) is 38.0 Å². The minimum Gasteiger partial charge on any atom is -0.494 e. The van der Waals surface area contributed by atoms with Crippen LogP contribution in [0.5, 0.6) is 5.75 Å². The maximum Gasteiger partial charge on any atom is 0.231 e. The molecule has 2 saturated heterocycles. The van der Waals surface area contributed by atoms with E-state index in [2.05, 4.69) is 10.1 Å². The van der Waals surface area contributed by atoms with Gasteiger partial charge in [-0.25, -0.2) is 0 Å². The molecule has 0 saturated carbocycles. The molecule has 154 valence electrons. The average Bonchev–Trinajstić information content (AvgIpc) is 3.34. The maximum atomic E-state index is 13.1. The second-order valence-electron chi connectivity index (χ2n) is 7.64. The van der Waals surface area contributed by atoms with Crippen molar-refractivity contribution in [2.45, 2.75) is 39.0 Å². The molecule has 1 aromatic heterocycles. The lowest BCUT2D eigenvalue weighted by Crippen LogP contribution is -2.43. The highest BCUT2D eigenvalue weighted by atomic mass is 16.5. The van der Waals surface area contributed by atoms with Crippen molar-refractivity contribution in [2.75, 3.05) is 31.1 Å². The van der Waals surface area contributed by atoms with Crippen LogP contribution in [0.25, 0.3) is 0 Å². The molecule has 3 heterocycles. The Hall–Kier alpha value is -2.90. The van der Waals surface area contributed by atoms with Crippen LogP contribution in [0.3, 0.4) is 0 Å². The molecule has 0 N–H and O–H groups in total. The molecular weight excluding hydrogens is 372 g/mol. The van der Waals surface area contributed by atoms with Crippen LogP contribution in [0.1, 0.15) is 43.8 Å². The van der Waals surface area contributed by atoms with Crippen molar-refractivity contribution in [3.63, 3.8) is 0 Å². The van der Waals surface area contributed by atoms with E-state index in [9.17, 15) is 9.59 Å². The third kappa shape index (κ3) is 4.11. The summed E-state index contributed by atoms with van der Waals surface area (Å²) in [6.45, 7) is 5.99. The monoisotopic (exact) mass is 398 g/mol. The Kier molecular flexibility index (Phi) is 5.51. The molecule has 2 atom stereocenters. The Morgan fingerprint density at radius 1 is 1.28 bits per heavy atom. The number of hydrogen-bond acceptors (Lipinski definition) is 6. The normalized spacial score (nSPS) is 22.2. The number of aromatic nitrogens is 2. The summed E-state index contributed by atoms with van der Waals surface area (Å²) in [7, 11) is 0. The Morgan fingerprint density at radius 3 is 2.76 bits per heavy atom. The van der Waals surface area contributed by atoms with E-state index < -0.39 is 0 Å². The van der Waals surface area contributed by atoms with Gasteiger partial charge in [-0.15, -0.1) is 0 Å². The highest BCUT2D eigenvalue weighted by Gasteiger charge is 2.39. The molecule has 2 aliphatic heterocycles. The first-order chi connectivity index (χ1) is 14.0. The van der Waals surface area contributed by atoms with Crippen LogP contribution >= 0.6 is 0 Å². The first-order valence-corrected chi connectivity index (χ1v) is 10.2. The lowest BCUT2D eigenvalue weighted by Gasteiger charge is -2.32. The number of rotatable bonds is 5. The molecule has 1 aromatic carbocycles. The Labute approximate surface area is 169 Å².